The van der Waals surface area contributed by atoms with Crippen LogP contribution in [0, 0.1) is 5.82 Å². The molecule has 26 heavy (non-hydrogen) atoms. The maximum Gasteiger partial charge on any atom is 0.251 e. The van der Waals surface area contributed by atoms with Crippen LogP contribution in [-0.4, -0.2) is 35.8 Å². The number of halogens is 1. The van der Waals surface area contributed by atoms with E-state index in [1.165, 1.54) is 40.3 Å². The summed E-state index contributed by atoms with van der Waals surface area (Å²) < 4.78 is 13.1. The third-order valence-corrected chi connectivity index (χ3v) is 5.03. The lowest BCUT2D eigenvalue weighted by atomic mass is 9.98. The summed E-state index contributed by atoms with van der Waals surface area (Å²) in [6.45, 7) is 1.38. The molecule has 4 nitrogen and oxygen atoms in total. The summed E-state index contributed by atoms with van der Waals surface area (Å²) in [7, 11) is 0. The van der Waals surface area contributed by atoms with Crippen LogP contribution < -0.4 is 4.90 Å². The summed E-state index contributed by atoms with van der Waals surface area (Å²) in [5, 5.41) is 0. The molecular formula is C21H19FN2O2. The average molecular weight is 350 g/mol. The van der Waals surface area contributed by atoms with Gasteiger partial charge >= 0.3 is 0 Å². The van der Waals surface area contributed by atoms with Crippen molar-refractivity contribution in [3.63, 3.8) is 0 Å². The number of anilines is 1. The van der Waals surface area contributed by atoms with Gasteiger partial charge in [0.2, 0.25) is 5.91 Å². The van der Waals surface area contributed by atoms with Gasteiger partial charge in [-0.05, 0) is 41.8 Å². The molecule has 0 saturated carbocycles. The molecule has 2 aromatic rings. The highest BCUT2D eigenvalue weighted by Crippen LogP contribution is 2.29. The van der Waals surface area contributed by atoms with Gasteiger partial charge in [0.1, 0.15) is 5.82 Å². The summed E-state index contributed by atoms with van der Waals surface area (Å²) in [5.74, 6) is -0.846. The second-order valence-electron chi connectivity index (χ2n) is 6.60. The standard InChI is InChI=1S/C21H19FN2O2/c22-17-6-8-18(9-7-17)24-20(25)14-19(21(24)26)23-12-10-16(11-13-23)15-4-2-1-3-5-15/h1-10,19H,11-14H2/t19-/m0/s1. The van der Waals surface area contributed by atoms with E-state index in [-0.39, 0.29) is 24.1 Å². The van der Waals surface area contributed by atoms with Gasteiger partial charge in [0.25, 0.3) is 5.91 Å². The zero-order valence-electron chi connectivity index (χ0n) is 14.3. The fourth-order valence-electron chi connectivity index (χ4n) is 3.64. The van der Waals surface area contributed by atoms with E-state index in [0.717, 1.165) is 13.0 Å². The predicted molar refractivity (Wildman–Crippen MR) is 97.9 cm³/mol. The minimum absolute atomic E-state index is 0.171. The molecule has 0 aliphatic carbocycles. The van der Waals surface area contributed by atoms with Crippen LogP contribution in [0.2, 0.25) is 0 Å². The Balaban J connectivity index is 1.49. The van der Waals surface area contributed by atoms with Crippen LogP contribution in [0.4, 0.5) is 10.1 Å². The Labute approximate surface area is 151 Å². The third kappa shape index (κ3) is 3.06. The molecule has 0 radical (unpaired) electrons. The lowest BCUT2D eigenvalue weighted by molar-refractivity contribution is -0.122. The molecule has 4 rings (SSSR count). The monoisotopic (exact) mass is 350 g/mol. The molecule has 0 N–H and O–H groups in total. The van der Waals surface area contributed by atoms with E-state index >= 15 is 0 Å². The Kier molecular flexibility index (Phi) is 4.39. The van der Waals surface area contributed by atoms with Crippen LogP contribution in [0.25, 0.3) is 5.57 Å². The molecule has 132 valence electrons. The number of benzene rings is 2. The summed E-state index contributed by atoms with van der Waals surface area (Å²) in [5.41, 5.74) is 2.91. The van der Waals surface area contributed by atoms with Crippen molar-refractivity contribution < 1.29 is 14.0 Å². The van der Waals surface area contributed by atoms with Crippen LogP contribution in [0.15, 0.2) is 60.7 Å². The van der Waals surface area contributed by atoms with Crippen molar-refractivity contribution in [2.24, 2.45) is 0 Å². The fourth-order valence-corrected chi connectivity index (χ4v) is 3.64. The van der Waals surface area contributed by atoms with Crippen molar-refractivity contribution in [1.29, 1.82) is 0 Å². The number of carbonyl (C=O) groups is 2. The molecule has 0 aromatic heterocycles. The molecule has 0 spiro atoms. The van der Waals surface area contributed by atoms with E-state index in [0.29, 0.717) is 12.2 Å². The van der Waals surface area contributed by atoms with Gasteiger partial charge in [-0.15, -0.1) is 0 Å². The summed E-state index contributed by atoms with van der Waals surface area (Å²) in [6.07, 6.45) is 3.15. The topological polar surface area (TPSA) is 40.6 Å². The molecule has 2 amide bonds. The van der Waals surface area contributed by atoms with E-state index in [4.69, 9.17) is 0 Å². The fraction of sp³-hybridized carbons (Fsp3) is 0.238. The van der Waals surface area contributed by atoms with Crippen LogP contribution in [0.1, 0.15) is 18.4 Å². The van der Waals surface area contributed by atoms with Gasteiger partial charge in [0.15, 0.2) is 0 Å². The van der Waals surface area contributed by atoms with Crippen LogP contribution >= 0.6 is 0 Å². The second kappa shape index (κ2) is 6.84. The van der Waals surface area contributed by atoms with Crippen molar-refractivity contribution in [1.82, 2.24) is 4.90 Å². The Morgan fingerprint density at radius 2 is 1.69 bits per heavy atom. The molecule has 1 saturated heterocycles. The van der Waals surface area contributed by atoms with Crippen LogP contribution in [-0.2, 0) is 9.59 Å². The zero-order valence-corrected chi connectivity index (χ0v) is 14.3. The largest absolute Gasteiger partial charge is 0.287 e. The number of rotatable bonds is 3. The van der Waals surface area contributed by atoms with Crippen molar-refractivity contribution in [2.45, 2.75) is 18.9 Å². The van der Waals surface area contributed by atoms with Crippen molar-refractivity contribution >= 4 is 23.1 Å². The number of hydrogen-bond acceptors (Lipinski definition) is 3. The van der Waals surface area contributed by atoms with Gasteiger partial charge in [-0.1, -0.05) is 36.4 Å². The van der Waals surface area contributed by atoms with Gasteiger partial charge in [0.05, 0.1) is 18.2 Å². The second-order valence-corrected chi connectivity index (χ2v) is 6.60. The highest BCUT2D eigenvalue weighted by atomic mass is 19.1. The first kappa shape index (κ1) is 16.7. The Morgan fingerprint density at radius 1 is 0.962 bits per heavy atom. The van der Waals surface area contributed by atoms with E-state index in [1.807, 2.05) is 18.2 Å². The molecule has 1 fully saturated rings. The van der Waals surface area contributed by atoms with E-state index in [1.54, 1.807) is 0 Å². The summed E-state index contributed by atoms with van der Waals surface area (Å²) >= 11 is 0. The first-order chi connectivity index (χ1) is 12.6. The Bertz CT molecular complexity index is 861. The SMILES string of the molecule is O=C1C[C@H](N2CC=C(c3ccccc3)CC2)C(=O)N1c1ccc(F)cc1. The van der Waals surface area contributed by atoms with Crippen LogP contribution in [0.5, 0.6) is 0 Å². The van der Waals surface area contributed by atoms with Gasteiger partial charge in [-0.2, -0.15) is 0 Å². The molecule has 0 unspecified atom stereocenters. The molecule has 2 heterocycles. The molecular weight excluding hydrogens is 331 g/mol. The predicted octanol–water partition coefficient (Wildman–Crippen LogP) is 3.25. The summed E-state index contributed by atoms with van der Waals surface area (Å²) in [4.78, 5) is 28.4. The molecule has 2 aromatic carbocycles. The molecule has 1 atom stereocenters. The number of imide groups is 1. The number of amides is 2. The zero-order chi connectivity index (χ0) is 18.1. The van der Waals surface area contributed by atoms with E-state index in [9.17, 15) is 14.0 Å². The molecule has 2 aliphatic rings. The minimum atomic E-state index is -0.443. The average Bonchev–Trinajstić information content (AvgIpc) is 2.98. The van der Waals surface area contributed by atoms with Crippen molar-refractivity contribution in [2.75, 3.05) is 18.0 Å². The maximum absolute atomic E-state index is 13.1. The number of hydrogen-bond donors (Lipinski definition) is 0. The Hall–Kier alpha value is -2.79. The summed E-state index contributed by atoms with van der Waals surface area (Å²) in [6, 6.07) is 15.2. The van der Waals surface area contributed by atoms with E-state index < -0.39 is 6.04 Å². The van der Waals surface area contributed by atoms with Gasteiger partial charge in [0, 0.05) is 13.1 Å². The molecule has 2 aliphatic heterocycles. The van der Waals surface area contributed by atoms with Crippen molar-refractivity contribution in [3.05, 3.63) is 72.1 Å². The smallest absolute Gasteiger partial charge is 0.251 e. The quantitative estimate of drug-likeness (QED) is 0.798. The first-order valence-corrected chi connectivity index (χ1v) is 8.74. The normalized spacial score (nSPS) is 21.2. The molecule has 5 heteroatoms. The van der Waals surface area contributed by atoms with Crippen LogP contribution in [0.3, 0.4) is 0 Å². The Morgan fingerprint density at radius 3 is 2.35 bits per heavy atom. The first-order valence-electron chi connectivity index (χ1n) is 8.74. The third-order valence-electron chi connectivity index (χ3n) is 5.03. The van der Waals surface area contributed by atoms with Gasteiger partial charge in [-0.3, -0.25) is 14.5 Å². The number of nitrogens with zero attached hydrogens (tertiary/aromatic N) is 2. The van der Waals surface area contributed by atoms with Gasteiger partial charge in [-0.25, -0.2) is 9.29 Å². The lowest BCUT2D eigenvalue weighted by Crippen LogP contribution is -2.44. The molecule has 0 bridgehead atoms. The highest BCUT2D eigenvalue weighted by molar-refractivity contribution is 6.22. The van der Waals surface area contributed by atoms with E-state index in [2.05, 4.69) is 23.1 Å². The minimum Gasteiger partial charge on any atom is -0.287 e. The number of carbonyl (C=O) groups excluding carboxylic acids is 2. The lowest BCUT2D eigenvalue weighted by Gasteiger charge is -2.30. The highest BCUT2D eigenvalue weighted by Gasteiger charge is 2.42. The maximum atomic E-state index is 13.1. The van der Waals surface area contributed by atoms with Gasteiger partial charge < -0.3 is 0 Å². The van der Waals surface area contributed by atoms with Crippen molar-refractivity contribution in [3.8, 4) is 0 Å².